The number of esters is 1. The van der Waals surface area contributed by atoms with Crippen molar-refractivity contribution in [1.82, 2.24) is 0 Å². The van der Waals surface area contributed by atoms with Gasteiger partial charge in [0.1, 0.15) is 0 Å². The first-order valence-corrected chi connectivity index (χ1v) is 6.86. The summed E-state index contributed by atoms with van der Waals surface area (Å²) in [6.07, 6.45) is 0.922. The van der Waals surface area contributed by atoms with Gasteiger partial charge >= 0.3 is 11.9 Å². The van der Waals surface area contributed by atoms with Crippen LogP contribution < -0.4 is 11.5 Å². The molecule has 0 heterocycles. The number of hydrogen-bond acceptors (Lipinski definition) is 6. The molecule has 1 atom stereocenters. The first kappa shape index (κ1) is 17.2. The van der Waals surface area contributed by atoms with E-state index in [1.54, 1.807) is 30.3 Å². The van der Waals surface area contributed by atoms with E-state index in [4.69, 9.17) is 28.4 Å². The Kier molecular flexibility index (Phi) is 6.41. The van der Waals surface area contributed by atoms with Crippen LogP contribution in [-0.2, 0) is 14.3 Å². The zero-order chi connectivity index (χ0) is 15.9. The second-order valence-electron chi connectivity index (χ2n) is 4.57. The fraction of sp³-hybridized carbons (Fsp3) is 0.357. The van der Waals surface area contributed by atoms with Crippen molar-refractivity contribution in [3.8, 4) is 0 Å². The van der Waals surface area contributed by atoms with E-state index in [2.05, 4.69) is 0 Å². The van der Waals surface area contributed by atoms with Gasteiger partial charge in [-0.2, -0.15) is 0 Å². The number of rotatable bonds is 7. The van der Waals surface area contributed by atoms with Crippen LogP contribution in [0.1, 0.15) is 24.8 Å². The molecule has 0 spiro atoms. The maximum atomic E-state index is 12.0. The van der Waals surface area contributed by atoms with Crippen molar-refractivity contribution >= 4 is 29.2 Å². The third kappa shape index (κ3) is 4.59. The summed E-state index contributed by atoms with van der Waals surface area (Å²) >= 11 is 4.98. The lowest BCUT2D eigenvalue weighted by molar-refractivity contribution is -0.156. The molecule has 0 saturated carbocycles. The lowest BCUT2D eigenvalue weighted by Crippen LogP contribution is -2.56. The molecule has 7 heteroatoms. The molecular weight excluding hydrogens is 292 g/mol. The summed E-state index contributed by atoms with van der Waals surface area (Å²) in [6.45, 7) is 0.396. The van der Waals surface area contributed by atoms with Crippen molar-refractivity contribution in [2.45, 2.75) is 24.8 Å². The third-order valence-electron chi connectivity index (χ3n) is 2.97. The number of unbranched alkanes of at least 4 members (excludes halogenated alkanes) is 1. The lowest BCUT2D eigenvalue weighted by Gasteiger charge is -2.22. The number of thiocarbonyl (C=S) groups is 1. The van der Waals surface area contributed by atoms with Crippen LogP contribution in [0.2, 0.25) is 0 Å². The molecule has 0 aliphatic rings. The Bertz CT molecular complexity index is 521. The summed E-state index contributed by atoms with van der Waals surface area (Å²) < 4.78 is 4.95. The van der Waals surface area contributed by atoms with E-state index in [0.29, 0.717) is 24.9 Å². The van der Waals surface area contributed by atoms with Crippen molar-refractivity contribution in [3.05, 3.63) is 35.9 Å². The van der Waals surface area contributed by atoms with E-state index in [1.807, 2.05) is 0 Å². The number of aliphatic carboxylic acids is 1. The van der Waals surface area contributed by atoms with Crippen molar-refractivity contribution in [3.63, 3.8) is 0 Å². The lowest BCUT2D eigenvalue weighted by atomic mass is 9.94. The molecule has 0 bridgehead atoms. The zero-order valence-corrected chi connectivity index (χ0v) is 12.3. The molecule has 0 aromatic heterocycles. The van der Waals surface area contributed by atoms with E-state index in [9.17, 15) is 14.7 Å². The fourth-order valence-electron chi connectivity index (χ4n) is 1.65. The Morgan fingerprint density at radius 2 is 1.86 bits per heavy atom. The van der Waals surface area contributed by atoms with E-state index < -0.39 is 17.5 Å². The monoisotopic (exact) mass is 310 g/mol. The summed E-state index contributed by atoms with van der Waals surface area (Å²) in [7, 11) is 0. The Hall–Kier alpha value is -1.83. The highest BCUT2D eigenvalue weighted by Crippen LogP contribution is 2.16. The number of carboxylic acid groups (broad SMARTS) is 1. The van der Waals surface area contributed by atoms with Crippen LogP contribution in [-0.4, -0.2) is 34.2 Å². The summed E-state index contributed by atoms with van der Waals surface area (Å²) in [5.74, 6) is -2.51. The first-order valence-electron chi connectivity index (χ1n) is 6.46. The zero-order valence-electron chi connectivity index (χ0n) is 11.5. The molecule has 0 radical (unpaired) electrons. The van der Waals surface area contributed by atoms with Crippen LogP contribution in [0.15, 0.2) is 30.3 Å². The minimum atomic E-state index is -2.12. The minimum absolute atomic E-state index is 0.0598. The first-order chi connectivity index (χ1) is 9.91. The van der Waals surface area contributed by atoms with Crippen LogP contribution in [0.3, 0.4) is 0 Å². The minimum Gasteiger partial charge on any atom is -0.479 e. The molecule has 0 amide bonds. The van der Waals surface area contributed by atoms with Gasteiger partial charge in [-0.1, -0.05) is 30.3 Å². The van der Waals surface area contributed by atoms with Gasteiger partial charge in [0.2, 0.25) is 10.6 Å². The summed E-state index contributed by atoms with van der Waals surface area (Å²) in [6, 6.07) is 8.55. The Morgan fingerprint density at radius 1 is 1.24 bits per heavy atom. The van der Waals surface area contributed by atoms with Crippen LogP contribution in [0.4, 0.5) is 0 Å². The SMILES string of the molecule is NCCCC[C@@](N)(C(=O)O)C(=O)OC(=S)c1ccccc1. The molecule has 1 rings (SSSR count). The van der Waals surface area contributed by atoms with Gasteiger partial charge in [0, 0.05) is 5.56 Å². The normalized spacial score (nSPS) is 13.2. The average molecular weight is 310 g/mol. The Balaban J connectivity index is 2.78. The highest BCUT2D eigenvalue weighted by Gasteiger charge is 2.44. The van der Waals surface area contributed by atoms with E-state index in [-0.39, 0.29) is 11.5 Å². The molecule has 6 nitrogen and oxygen atoms in total. The number of benzene rings is 1. The summed E-state index contributed by atoms with van der Waals surface area (Å²) in [4.78, 5) is 23.3. The molecule has 21 heavy (non-hydrogen) atoms. The van der Waals surface area contributed by atoms with Crippen molar-refractivity contribution in [2.75, 3.05) is 6.54 Å². The van der Waals surface area contributed by atoms with Crippen LogP contribution in [0.25, 0.3) is 0 Å². The second kappa shape index (κ2) is 7.82. The molecule has 0 aliphatic carbocycles. The van der Waals surface area contributed by atoms with Gasteiger partial charge in [-0.15, -0.1) is 0 Å². The Morgan fingerprint density at radius 3 is 2.38 bits per heavy atom. The number of hydrogen-bond donors (Lipinski definition) is 3. The largest absolute Gasteiger partial charge is 0.479 e. The predicted molar refractivity (Wildman–Crippen MR) is 81.7 cm³/mol. The fourth-order valence-corrected chi connectivity index (χ4v) is 1.86. The van der Waals surface area contributed by atoms with Gasteiger partial charge in [0.15, 0.2) is 0 Å². The van der Waals surface area contributed by atoms with Gasteiger partial charge in [-0.05, 0) is 38.0 Å². The molecule has 1 aromatic rings. The molecule has 114 valence electrons. The second-order valence-corrected chi connectivity index (χ2v) is 4.94. The van der Waals surface area contributed by atoms with E-state index in [1.165, 1.54) is 0 Å². The van der Waals surface area contributed by atoms with Gasteiger partial charge in [0.25, 0.3) is 0 Å². The smallest absolute Gasteiger partial charge is 0.344 e. The van der Waals surface area contributed by atoms with Gasteiger partial charge in [-0.25, -0.2) is 9.59 Å². The molecule has 0 unspecified atom stereocenters. The number of carbonyl (C=O) groups is 2. The standard InChI is InChI=1S/C14H18N2O4S/c15-9-5-4-8-14(16,12(17)18)13(19)20-11(21)10-6-2-1-3-7-10/h1-3,6-7H,4-5,8-9,15-16H2,(H,17,18)/t14-/m1/s1. The van der Waals surface area contributed by atoms with Gasteiger partial charge in [0.05, 0.1) is 0 Å². The number of nitrogens with two attached hydrogens (primary N) is 2. The van der Waals surface area contributed by atoms with E-state index in [0.717, 1.165) is 0 Å². The molecule has 5 N–H and O–H groups in total. The van der Waals surface area contributed by atoms with Crippen molar-refractivity contribution in [1.29, 1.82) is 0 Å². The number of carboxylic acids is 1. The topological polar surface area (TPSA) is 116 Å². The Labute approximate surface area is 128 Å². The van der Waals surface area contributed by atoms with Crippen LogP contribution in [0, 0.1) is 0 Å². The van der Waals surface area contributed by atoms with Crippen LogP contribution >= 0.6 is 12.2 Å². The number of ether oxygens (including phenoxy) is 1. The maximum absolute atomic E-state index is 12.0. The van der Waals surface area contributed by atoms with Crippen molar-refractivity contribution in [2.24, 2.45) is 11.5 Å². The van der Waals surface area contributed by atoms with Gasteiger partial charge in [-0.3, -0.25) is 0 Å². The highest BCUT2D eigenvalue weighted by molar-refractivity contribution is 7.80. The quantitative estimate of drug-likeness (QED) is 0.295. The third-order valence-corrected chi connectivity index (χ3v) is 3.29. The van der Waals surface area contributed by atoms with Crippen LogP contribution in [0.5, 0.6) is 0 Å². The highest BCUT2D eigenvalue weighted by atomic mass is 32.1. The molecule has 0 aliphatic heterocycles. The predicted octanol–water partition coefficient (Wildman–Crippen LogP) is 0.816. The van der Waals surface area contributed by atoms with Gasteiger partial charge < -0.3 is 21.3 Å². The number of carbonyl (C=O) groups excluding carboxylic acids is 1. The average Bonchev–Trinajstić information content (AvgIpc) is 2.47. The molecular formula is C14H18N2O4S. The molecule has 0 saturated heterocycles. The summed E-state index contributed by atoms with van der Waals surface area (Å²) in [5, 5.41) is 9.08. The molecule has 1 aromatic carbocycles. The molecule has 0 fully saturated rings. The summed E-state index contributed by atoms with van der Waals surface area (Å²) in [5.41, 5.74) is 9.41. The van der Waals surface area contributed by atoms with E-state index >= 15 is 0 Å². The van der Waals surface area contributed by atoms with Crippen molar-refractivity contribution < 1.29 is 19.4 Å². The maximum Gasteiger partial charge on any atom is 0.344 e.